The Kier molecular flexibility index (Phi) is 3.64. The van der Waals surface area contributed by atoms with Gasteiger partial charge in [0.2, 0.25) is 0 Å². The summed E-state index contributed by atoms with van der Waals surface area (Å²) in [6, 6.07) is 8.34. The van der Waals surface area contributed by atoms with Crippen molar-refractivity contribution < 1.29 is 0 Å². The predicted molar refractivity (Wildman–Crippen MR) is 78.5 cm³/mol. The maximum Gasteiger partial charge on any atom is 0.195 e. The molecule has 0 amide bonds. The molecule has 0 spiro atoms. The van der Waals surface area contributed by atoms with Gasteiger partial charge in [0.15, 0.2) is 10.8 Å². The van der Waals surface area contributed by atoms with Crippen molar-refractivity contribution in [2.24, 2.45) is 0 Å². The Morgan fingerprint density at radius 2 is 2.40 bits per heavy atom. The van der Waals surface area contributed by atoms with Crippen LogP contribution in [0.25, 0.3) is 5.65 Å². The summed E-state index contributed by atoms with van der Waals surface area (Å²) in [7, 11) is 1.88. The van der Waals surface area contributed by atoms with Gasteiger partial charge >= 0.3 is 0 Å². The third-order valence-electron chi connectivity index (χ3n) is 3.95. The van der Waals surface area contributed by atoms with Crippen molar-refractivity contribution in [1.82, 2.24) is 19.9 Å². The second-order valence-electron chi connectivity index (χ2n) is 5.19. The van der Waals surface area contributed by atoms with E-state index in [1.807, 2.05) is 35.8 Å². The van der Waals surface area contributed by atoms with Crippen molar-refractivity contribution in [3.63, 3.8) is 0 Å². The van der Waals surface area contributed by atoms with Gasteiger partial charge in [0.1, 0.15) is 5.54 Å². The molecular formula is C14H17N5S. The second kappa shape index (κ2) is 5.43. The molecular weight excluding hydrogens is 270 g/mol. The third kappa shape index (κ3) is 2.39. The van der Waals surface area contributed by atoms with Gasteiger partial charge in [0.25, 0.3) is 0 Å². The Morgan fingerprint density at radius 3 is 3.20 bits per heavy atom. The molecule has 20 heavy (non-hydrogen) atoms. The lowest BCUT2D eigenvalue weighted by Crippen LogP contribution is -2.46. The maximum atomic E-state index is 9.40. The lowest BCUT2D eigenvalue weighted by molar-refractivity contribution is 0.323. The van der Waals surface area contributed by atoms with E-state index in [1.54, 1.807) is 11.8 Å². The van der Waals surface area contributed by atoms with Crippen molar-refractivity contribution in [1.29, 1.82) is 5.26 Å². The molecule has 2 unspecified atom stereocenters. The quantitative estimate of drug-likeness (QED) is 0.938. The molecule has 1 aliphatic carbocycles. The highest BCUT2D eigenvalue weighted by molar-refractivity contribution is 7.99. The van der Waals surface area contributed by atoms with Gasteiger partial charge in [0, 0.05) is 11.4 Å². The van der Waals surface area contributed by atoms with Gasteiger partial charge in [-0.2, -0.15) is 5.26 Å². The molecule has 0 radical (unpaired) electrons. The summed E-state index contributed by atoms with van der Waals surface area (Å²) in [4.78, 5) is 0. The zero-order valence-electron chi connectivity index (χ0n) is 11.4. The van der Waals surface area contributed by atoms with Gasteiger partial charge in [-0.1, -0.05) is 17.8 Å². The van der Waals surface area contributed by atoms with Crippen molar-refractivity contribution in [2.75, 3.05) is 7.05 Å². The number of rotatable bonds is 3. The lowest BCUT2D eigenvalue weighted by atomic mass is 9.83. The smallest absolute Gasteiger partial charge is 0.195 e. The number of aromatic nitrogens is 3. The van der Waals surface area contributed by atoms with E-state index in [4.69, 9.17) is 0 Å². The molecule has 6 heteroatoms. The highest BCUT2D eigenvalue weighted by atomic mass is 32.2. The van der Waals surface area contributed by atoms with E-state index in [-0.39, 0.29) is 5.54 Å². The minimum atomic E-state index is -0.379. The average Bonchev–Trinajstić information content (AvgIpc) is 2.91. The monoisotopic (exact) mass is 287 g/mol. The molecule has 2 atom stereocenters. The summed E-state index contributed by atoms with van der Waals surface area (Å²) in [6.45, 7) is 0. The normalized spacial score (nSPS) is 26.5. The van der Waals surface area contributed by atoms with Gasteiger partial charge in [-0.15, -0.1) is 10.2 Å². The molecule has 1 saturated carbocycles. The Labute approximate surface area is 122 Å². The molecule has 0 bridgehead atoms. The third-order valence-corrected chi connectivity index (χ3v) is 5.18. The van der Waals surface area contributed by atoms with Crippen LogP contribution in [-0.4, -0.2) is 32.4 Å². The van der Waals surface area contributed by atoms with E-state index in [0.29, 0.717) is 5.25 Å². The van der Waals surface area contributed by atoms with Crippen LogP contribution in [0, 0.1) is 11.3 Å². The molecule has 0 aromatic carbocycles. The summed E-state index contributed by atoms with van der Waals surface area (Å²) in [5.74, 6) is 0. The fraction of sp³-hybridized carbons (Fsp3) is 0.500. The number of hydrogen-bond donors (Lipinski definition) is 1. The molecule has 5 nitrogen and oxygen atoms in total. The van der Waals surface area contributed by atoms with Crippen LogP contribution in [0.4, 0.5) is 0 Å². The number of nitriles is 1. The van der Waals surface area contributed by atoms with Gasteiger partial charge in [-0.25, -0.2) is 0 Å². The second-order valence-corrected chi connectivity index (χ2v) is 6.46. The zero-order valence-corrected chi connectivity index (χ0v) is 12.2. The van der Waals surface area contributed by atoms with E-state index >= 15 is 0 Å². The van der Waals surface area contributed by atoms with Crippen LogP contribution in [-0.2, 0) is 0 Å². The summed E-state index contributed by atoms with van der Waals surface area (Å²) >= 11 is 1.73. The molecule has 1 fully saturated rings. The summed E-state index contributed by atoms with van der Waals surface area (Å²) in [5, 5.41) is 22.4. The zero-order chi connectivity index (χ0) is 14.0. The van der Waals surface area contributed by atoms with Gasteiger partial charge in [-0.05, 0) is 44.9 Å². The van der Waals surface area contributed by atoms with Crippen LogP contribution in [0.5, 0.6) is 0 Å². The molecule has 2 aromatic heterocycles. The first-order chi connectivity index (χ1) is 9.76. The largest absolute Gasteiger partial charge is 0.302 e. The first-order valence-corrected chi connectivity index (χ1v) is 7.71. The van der Waals surface area contributed by atoms with Crippen LogP contribution in [0.2, 0.25) is 0 Å². The standard InChI is InChI=1S/C14H17N5S/c1-16-14(10-15)7-4-5-11(9-14)20-13-18-17-12-6-2-3-8-19(12)13/h2-3,6,8,11,16H,4-5,7,9H2,1H3. The van der Waals surface area contributed by atoms with Crippen molar-refractivity contribution in [3.05, 3.63) is 24.4 Å². The fourth-order valence-electron chi connectivity index (χ4n) is 2.76. The molecule has 3 rings (SSSR count). The fourth-order valence-corrected chi connectivity index (χ4v) is 4.06. The molecule has 0 aliphatic heterocycles. The van der Waals surface area contributed by atoms with Gasteiger partial charge in [-0.3, -0.25) is 4.40 Å². The van der Waals surface area contributed by atoms with Gasteiger partial charge in [0.05, 0.1) is 6.07 Å². The first kappa shape index (κ1) is 13.4. The predicted octanol–water partition coefficient (Wildman–Crippen LogP) is 2.25. The van der Waals surface area contributed by atoms with E-state index in [2.05, 4.69) is 21.6 Å². The van der Waals surface area contributed by atoms with E-state index in [1.165, 1.54) is 0 Å². The number of fused-ring (bicyclic) bond motifs is 1. The van der Waals surface area contributed by atoms with Crippen LogP contribution < -0.4 is 5.32 Å². The number of pyridine rings is 1. The Bertz CT molecular complexity index is 646. The summed E-state index contributed by atoms with van der Waals surface area (Å²) in [6.07, 6.45) is 5.96. The molecule has 0 saturated heterocycles. The van der Waals surface area contributed by atoms with Crippen molar-refractivity contribution in [2.45, 2.75) is 41.6 Å². The highest BCUT2D eigenvalue weighted by Gasteiger charge is 2.36. The van der Waals surface area contributed by atoms with E-state index in [9.17, 15) is 5.26 Å². The first-order valence-electron chi connectivity index (χ1n) is 6.83. The lowest BCUT2D eigenvalue weighted by Gasteiger charge is -2.34. The maximum absolute atomic E-state index is 9.40. The van der Waals surface area contributed by atoms with Crippen LogP contribution >= 0.6 is 11.8 Å². The Hall–Kier alpha value is -1.58. The average molecular weight is 287 g/mol. The number of nitrogens with one attached hydrogen (secondary N) is 1. The number of nitrogens with zero attached hydrogens (tertiary/aromatic N) is 4. The van der Waals surface area contributed by atoms with Crippen LogP contribution in [0.1, 0.15) is 25.7 Å². The van der Waals surface area contributed by atoms with Crippen molar-refractivity contribution in [3.8, 4) is 6.07 Å². The van der Waals surface area contributed by atoms with Gasteiger partial charge < -0.3 is 5.32 Å². The molecule has 2 heterocycles. The van der Waals surface area contributed by atoms with Crippen LogP contribution in [0.3, 0.4) is 0 Å². The molecule has 104 valence electrons. The highest BCUT2D eigenvalue weighted by Crippen LogP contribution is 2.37. The molecule has 1 aliphatic rings. The minimum Gasteiger partial charge on any atom is -0.302 e. The Morgan fingerprint density at radius 1 is 1.50 bits per heavy atom. The topological polar surface area (TPSA) is 66.0 Å². The van der Waals surface area contributed by atoms with E-state index in [0.717, 1.165) is 36.5 Å². The van der Waals surface area contributed by atoms with Crippen molar-refractivity contribution >= 4 is 17.4 Å². The number of thioether (sulfide) groups is 1. The molecule has 2 aromatic rings. The van der Waals surface area contributed by atoms with E-state index < -0.39 is 0 Å². The van der Waals surface area contributed by atoms with Crippen LogP contribution in [0.15, 0.2) is 29.6 Å². The number of hydrogen-bond acceptors (Lipinski definition) is 5. The summed E-state index contributed by atoms with van der Waals surface area (Å²) < 4.78 is 2.01. The Balaban J connectivity index is 1.79. The summed E-state index contributed by atoms with van der Waals surface area (Å²) in [5.41, 5.74) is 0.488. The minimum absolute atomic E-state index is 0.379. The SMILES string of the molecule is CNC1(C#N)CCCC(Sc2nnc3ccccn23)C1. The molecule has 1 N–H and O–H groups in total.